The molecule has 1 amide bonds. The van der Waals surface area contributed by atoms with Gasteiger partial charge < -0.3 is 4.90 Å². The highest BCUT2D eigenvalue weighted by molar-refractivity contribution is 9.10. The third-order valence-corrected chi connectivity index (χ3v) is 6.83. The molecule has 0 spiro atoms. The van der Waals surface area contributed by atoms with Crippen molar-refractivity contribution in [2.45, 2.75) is 25.0 Å². The molecule has 5 rings (SSSR count). The second-order valence-electron chi connectivity index (χ2n) is 8.18. The van der Waals surface area contributed by atoms with Crippen molar-refractivity contribution in [1.82, 2.24) is 10.9 Å². The summed E-state index contributed by atoms with van der Waals surface area (Å²) in [4.78, 5) is 26.9. The number of nitrogens with one attached hydrogen (secondary N) is 2. The number of carbonyl (C=O) groups is 1. The van der Waals surface area contributed by atoms with E-state index in [9.17, 15) is 14.9 Å². The number of nitro groups is 1. The van der Waals surface area contributed by atoms with E-state index in [4.69, 9.17) is 0 Å². The fourth-order valence-corrected chi connectivity index (χ4v) is 5.10. The number of nitrogens with zero attached hydrogens (tertiary/aromatic N) is 2. The number of hydrogen-bond acceptors (Lipinski definition) is 5. The van der Waals surface area contributed by atoms with Gasteiger partial charge in [0.05, 0.1) is 22.6 Å². The molecule has 4 atom stereocenters. The van der Waals surface area contributed by atoms with Gasteiger partial charge in [0.15, 0.2) is 0 Å². The van der Waals surface area contributed by atoms with Gasteiger partial charge >= 0.3 is 0 Å². The highest BCUT2D eigenvalue weighted by Gasteiger charge is 2.57. The molecule has 2 fully saturated rings. The Hall–Kier alpha value is -3.07. The Labute approximate surface area is 193 Å². The predicted molar refractivity (Wildman–Crippen MR) is 125 cm³/mol. The molecule has 32 heavy (non-hydrogen) atoms. The third-order valence-electron chi connectivity index (χ3n) is 6.30. The van der Waals surface area contributed by atoms with Gasteiger partial charge in [-0.3, -0.25) is 14.9 Å². The zero-order chi connectivity index (χ0) is 22.4. The summed E-state index contributed by atoms with van der Waals surface area (Å²) in [6.07, 6.45) is 0. The standard InChI is InChI=1S/C24H21BrN4O3/c1-14-6-12-17(13-7-14)28-23(18-4-2-3-5-19(18)29(31)32)20-21(26-27-22(20)24(28)30)15-8-10-16(25)11-9-15/h2-13,20-23,26-27H,1H3. The molecule has 0 aliphatic carbocycles. The van der Waals surface area contributed by atoms with E-state index in [0.717, 1.165) is 21.3 Å². The number of aryl methyl sites for hydroxylation is 1. The maximum Gasteiger partial charge on any atom is 0.274 e. The lowest BCUT2D eigenvalue weighted by Gasteiger charge is -2.31. The molecule has 0 bridgehead atoms. The molecule has 8 heteroatoms. The minimum Gasteiger partial charge on any atom is -0.303 e. The van der Waals surface area contributed by atoms with Crippen molar-refractivity contribution in [2.24, 2.45) is 5.92 Å². The summed E-state index contributed by atoms with van der Waals surface area (Å²) >= 11 is 3.47. The van der Waals surface area contributed by atoms with Crippen molar-refractivity contribution < 1.29 is 9.72 Å². The van der Waals surface area contributed by atoms with Crippen molar-refractivity contribution in [1.29, 1.82) is 0 Å². The van der Waals surface area contributed by atoms with Gasteiger partial charge in [0, 0.05) is 22.1 Å². The van der Waals surface area contributed by atoms with Crippen LogP contribution in [0.25, 0.3) is 0 Å². The molecule has 0 aromatic heterocycles. The fourth-order valence-electron chi connectivity index (χ4n) is 4.83. The minimum absolute atomic E-state index is 0.0181. The number of amides is 1. The molecule has 2 N–H and O–H groups in total. The smallest absolute Gasteiger partial charge is 0.274 e. The summed E-state index contributed by atoms with van der Waals surface area (Å²) < 4.78 is 0.961. The number of anilines is 1. The van der Waals surface area contributed by atoms with Gasteiger partial charge in [-0.2, -0.15) is 0 Å². The van der Waals surface area contributed by atoms with Gasteiger partial charge in [-0.1, -0.05) is 64.0 Å². The first-order valence-corrected chi connectivity index (χ1v) is 11.1. The van der Waals surface area contributed by atoms with E-state index >= 15 is 0 Å². The highest BCUT2D eigenvalue weighted by atomic mass is 79.9. The zero-order valence-corrected chi connectivity index (χ0v) is 18.8. The topological polar surface area (TPSA) is 87.5 Å². The van der Waals surface area contributed by atoms with E-state index in [-0.39, 0.29) is 28.5 Å². The summed E-state index contributed by atoms with van der Waals surface area (Å²) in [6, 6.07) is 21.1. The maximum atomic E-state index is 13.6. The molecule has 2 aliphatic rings. The average molecular weight is 493 g/mol. The molecule has 2 saturated heterocycles. The van der Waals surface area contributed by atoms with Gasteiger partial charge in [0.1, 0.15) is 6.04 Å². The Kier molecular flexibility index (Phi) is 5.28. The van der Waals surface area contributed by atoms with Crippen molar-refractivity contribution in [2.75, 3.05) is 4.90 Å². The van der Waals surface area contributed by atoms with Crippen molar-refractivity contribution >= 4 is 33.2 Å². The zero-order valence-electron chi connectivity index (χ0n) is 17.2. The van der Waals surface area contributed by atoms with Gasteiger partial charge in [-0.05, 0) is 36.8 Å². The first-order chi connectivity index (χ1) is 15.5. The third kappa shape index (κ3) is 3.40. The maximum absolute atomic E-state index is 13.6. The minimum atomic E-state index is -0.507. The summed E-state index contributed by atoms with van der Waals surface area (Å²) in [5.41, 5.74) is 9.81. The van der Waals surface area contributed by atoms with Gasteiger partial charge in [0.25, 0.3) is 5.69 Å². The van der Waals surface area contributed by atoms with E-state index in [2.05, 4.69) is 26.8 Å². The lowest BCUT2D eigenvalue weighted by Crippen LogP contribution is -2.41. The Balaban J connectivity index is 1.67. The molecular weight excluding hydrogens is 472 g/mol. The van der Waals surface area contributed by atoms with E-state index in [1.165, 1.54) is 6.07 Å². The summed E-state index contributed by atoms with van der Waals surface area (Å²) in [7, 11) is 0. The van der Waals surface area contributed by atoms with Crippen LogP contribution >= 0.6 is 15.9 Å². The Morgan fingerprint density at radius 1 is 0.938 bits per heavy atom. The first-order valence-electron chi connectivity index (χ1n) is 10.4. The predicted octanol–water partition coefficient (Wildman–Crippen LogP) is 4.59. The molecule has 3 aromatic carbocycles. The second-order valence-corrected chi connectivity index (χ2v) is 9.09. The largest absolute Gasteiger partial charge is 0.303 e. The van der Waals surface area contributed by atoms with Crippen LogP contribution in [0.3, 0.4) is 0 Å². The number of benzene rings is 3. The van der Waals surface area contributed by atoms with Crippen molar-refractivity contribution in [3.8, 4) is 0 Å². The molecule has 2 heterocycles. The number of nitro benzene ring substituents is 1. The number of halogens is 1. The molecule has 3 aromatic rings. The Morgan fingerprint density at radius 2 is 1.59 bits per heavy atom. The van der Waals surface area contributed by atoms with Gasteiger partial charge in [-0.25, -0.2) is 10.9 Å². The number of carbonyl (C=O) groups excluding carboxylic acids is 1. The van der Waals surface area contributed by atoms with Crippen LogP contribution in [0, 0.1) is 23.0 Å². The van der Waals surface area contributed by atoms with Crippen LogP contribution in [0.2, 0.25) is 0 Å². The van der Waals surface area contributed by atoms with Crippen molar-refractivity contribution in [3.63, 3.8) is 0 Å². The molecule has 0 saturated carbocycles. The van der Waals surface area contributed by atoms with Crippen LogP contribution < -0.4 is 15.8 Å². The normalized spacial score (nSPS) is 24.6. The van der Waals surface area contributed by atoms with Crippen LogP contribution in [0.15, 0.2) is 77.3 Å². The van der Waals surface area contributed by atoms with Crippen LogP contribution in [-0.2, 0) is 4.79 Å². The van der Waals surface area contributed by atoms with Crippen LogP contribution in [-0.4, -0.2) is 16.9 Å². The highest BCUT2D eigenvalue weighted by Crippen LogP contribution is 2.50. The fraction of sp³-hybridized carbons (Fsp3) is 0.208. The van der Waals surface area contributed by atoms with Gasteiger partial charge in [-0.15, -0.1) is 0 Å². The molecule has 162 valence electrons. The van der Waals surface area contributed by atoms with E-state index in [1.54, 1.807) is 23.1 Å². The van der Waals surface area contributed by atoms with Gasteiger partial charge in [0.2, 0.25) is 5.91 Å². The second kappa shape index (κ2) is 8.12. The number of para-hydroxylation sites is 1. The lowest BCUT2D eigenvalue weighted by molar-refractivity contribution is -0.385. The summed E-state index contributed by atoms with van der Waals surface area (Å²) in [6.45, 7) is 1.98. The molecular formula is C24H21BrN4O3. The Bertz CT molecular complexity index is 1180. The monoisotopic (exact) mass is 492 g/mol. The van der Waals surface area contributed by atoms with E-state index in [0.29, 0.717) is 5.56 Å². The summed E-state index contributed by atoms with van der Waals surface area (Å²) in [5, 5.41) is 11.9. The summed E-state index contributed by atoms with van der Waals surface area (Å²) in [5.74, 6) is -0.347. The lowest BCUT2D eigenvalue weighted by atomic mass is 9.83. The molecule has 4 unspecified atom stereocenters. The van der Waals surface area contributed by atoms with Crippen molar-refractivity contribution in [3.05, 3.63) is 104 Å². The number of fused-ring (bicyclic) bond motifs is 1. The quantitative estimate of drug-likeness (QED) is 0.410. The number of rotatable bonds is 4. The Morgan fingerprint density at radius 3 is 2.28 bits per heavy atom. The SMILES string of the molecule is Cc1ccc(N2C(=O)C3NNC(c4ccc(Br)cc4)C3C2c2ccccc2[N+](=O)[O-])cc1. The van der Waals surface area contributed by atoms with Crippen LogP contribution in [0.4, 0.5) is 11.4 Å². The molecule has 2 aliphatic heterocycles. The van der Waals surface area contributed by atoms with E-state index in [1.807, 2.05) is 55.5 Å². The molecule has 0 radical (unpaired) electrons. The number of hydrazine groups is 1. The molecule has 7 nitrogen and oxygen atoms in total. The van der Waals surface area contributed by atoms with Crippen LogP contribution in [0.5, 0.6) is 0 Å². The van der Waals surface area contributed by atoms with Crippen LogP contribution in [0.1, 0.15) is 28.8 Å². The average Bonchev–Trinajstić information content (AvgIpc) is 3.34. The van der Waals surface area contributed by atoms with E-state index < -0.39 is 12.1 Å². The number of hydrogen-bond donors (Lipinski definition) is 2. The first kappa shape index (κ1) is 20.8.